The van der Waals surface area contributed by atoms with Crippen LogP contribution < -0.4 is 16.4 Å². The summed E-state index contributed by atoms with van der Waals surface area (Å²) in [5, 5.41) is 5.12. The van der Waals surface area contributed by atoms with E-state index >= 15 is 0 Å². The molecule has 0 aromatic heterocycles. The molecule has 8 heteroatoms. The number of anilines is 2. The van der Waals surface area contributed by atoms with Crippen LogP contribution in [0.15, 0.2) is 36.4 Å². The first-order valence-corrected chi connectivity index (χ1v) is 6.83. The van der Waals surface area contributed by atoms with Crippen molar-refractivity contribution in [1.29, 1.82) is 0 Å². The summed E-state index contributed by atoms with van der Waals surface area (Å²) in [6.07, 6.45) is 0. The van der Waals surface area contributed by atoms with E-state index < -0.39 is 23.4 Å². The normalized spacial score (nSPS) is 10.2. The Kier molecular flexibility index (Phi) is 5.13. The molecule has 2 amide bonds. The van der Waals surface area contributed by atoms with E-state index in [2.05, 4.69) is 10.6 Å². The SMILES string of the molecule is NC(=O)c1ccc(NCC(=O)Nc2cc(F)ccc2F)cc1Cl. The van der Waals surface area contributed by atoms with Gasteiger partial charge in [0.25, 0.3) is 0 Å². The predicted molar refractivity (Wildman–Crippen MR) is 83.4 cm³/mol. The summed E-state index contributed by atoms with van der Waals surface area (Å²) in [6.45, 7) is -0.206. The van der Waals surface area contributed by atoms with Gasteiger partial charge in [0.05, 0.1) is 22.8 Å². The molecular formula is C15H12ClF2N3O2. The second-order valence-electron chi connectivity index (χ2n) is 4.58. The fourth-order valence-electron chi connectivity index (χ4n) is 1.79. The van der Waals surface area contributed by atoms with E-state index in [1.54, 1.807) is 0 Å². The Hall–Kier alpha value is -2.67. The number of carbonyl (C=O) groups excluding carboxylic acids is 2. The quantitative estimate of drug-likeness (QED) is 0.783. The molecule has 0 atom stereocenters. The van der Waals surface area contributed by atoms with E-state index in [0.717, 1.165) is 18.2 Å². The number of hydrogen-bond acceptors (Lipinski definition) is 3. The third-order valence-corrected chi connectivity index (χ3v) is 3.20. The van der Waals surface area contributed by atoms with Gasteiger partial charge >= 0.3 is 0 Å². The van der Waals surface area contributed by atoms with Crippen molar-refractivity contribution in [3.63, 3.8) is 0 Å². The molecule has 0 heterocycles. The van der Waals surface area contributed by atoms with Crippen molar-refractivity contribution in [2.24, 2.45) is 5.73 Å². The maximum atomic E-state index is 13.4. The number of primary amides is 1. The standard InChI is InChI=1S/C15H12ClF2N3O2/c16-11-6-9(2-3-10(11)15(19)23)20-7-14(22)21-13-5-8(17)1-4-12(13)18/h1-6,20H,7H2,(H2,19,23)(H,21,22). The van der Waals surface area contributed by atoms with E-state index in [1.807, 2.05) is 0 Å². The zero-order chi connectivity index (χ0) is 17.0. The number of nitrogens with two attached hydrogens (primary N) is 1. The summed E-state index contributed by atoms with van der Waals surface area (Å²) >= 11 is 5.88. The Labute approximate surface area is 135 Å². The van der Waals surface area contributed by atoms with Crippen molar-refractivity contribution in [2.75, 3.05) is 17.2 Å². The second-order valence-corrected chi connectivity index (χ2v) is 4.99. The molecule has 0 fully saturated rings. The summed E-state index contributed by atoms with van der Waals surface area (Å²) in [5.41, 5.74) is 5.50. The van der Waals surface area contributed by atoms with Gasteiger partial charge in [0.2, 0.25) is 11.8 Å². The minimum absolute atomic E-state index is 0.138. The zero-order valence-electron chi connectivity index (χ0n) is 11.7. The number of halogens is 3. The predicted octanol–water partition coefficient (Wildman–Crippen LogP) is 2.77. The van der Waals surface area contributed by atoms with Crippen LogP contribution >= 0.6 is 11.6 Å². The molecule has 2 rings (SSSR count). The van der Waals surface area contributed by atoms with Crippen LogP contribution in [0.5, 0.6) is 0 Å². The van der Waals surface area contributed by atoms with E-state index in [1.165, 1.54) is 18.2 Å². The molecule has 2 aromatic carbocycles. The highest BCUT2D eigenvalue weighted by molar-refractivity contribution is 6.34. The lowest BCUT2D eigenvalue weighted by molar-refractivity contribution is -0.114. The van der Waals surface area contributed by atoms with Gasteiger partial charge in [-0.15, -0.1) is 0 Å². The van der Waals surface area contributed by atoms with Gasteiger partial charge in [0, 0.05) is 11.8 Å². The van der Waals surface area contributed by atoms with Gasteiger partial charge < -0.3 is 16.4 Å². The van der Waals surface area contributed by atoms with Gasteiger partial charge in [0.15, 0.2) is 0 Å². The minimum atomic E-state index is -0.742. The molecular weight excluding hydrogens is 328 g/mol. The highest BCUT2D eigenvalue weighted by Gasteiger charge is 2.10. The van der Waals surface area contributed by atoms with Gasteiger partial charge in [-0.2, -0.15) is 0 Å². The molecule has 120 valence electrons. The Balaban J connectivity index is 1.98. The summed E-state index contributed by atoms with van der Waals surface area (Å²) in [4.78, 5) is 22.8. The van der Waals surface area contributed by atoms with Crippen molar-refractivity contribution in [2.45, 2.75) is 0 Å². The average Bonchev–Trinajstić information content (AvgIpc) is 2.48. The van der Waals surface area contributed by atoms with Crippen molar-refractivity contribution < 1.29 is 18.4 Å². The molecule has 0 saturated heterocycles. The molecule has 5 nitrogen and oxygen atoms in total. The molecule has 0 radical (unpaired) electrons. The summed E-state index contributed by atoms with van der Waals surface area (Å²) < 4.78 is 26.4. The van der Waals surface area contributed by atoms with Gasteiger partial charge in [-0.25, -0.2) is 8.78 Å². The molecule has 0 unspecified atom stereocenters. The number of carbonyl (C=O) groups is 2. The van der Waals surface area contributed by atoms with Crippen LogP contribution in [0.3, 0.4) is 0 Å². The molecule has 0 spiro atoms. The molecule has 0 saturated carbocycles. The average molecular weight is 340 g/mol. The molecule has 0 aliphatic heterocycles. The first kappa shape index (κ1) is 16.7. The largest absolute Gasteiger partial charge is 0.376 e. The van der Waals surface area contributed by atoms with E-state index in [-0.39, 0.29) is 22.8 Å². The molecule has 23 heavy (non-hydrogen) atoms. The molecule has 0 aliphatic rings. The molecule has 4 N–H and O–H groups in total. The van der Waals surface area contributed by atoms with Crippen molar-refractivity contribution >= 4 is 34.8 Å². The van der Waals surface area contributed by atoms with Crippen LogP contribution in [0, 0.1) is 11.6 Å². The van der Waals surface area contributed by atoms with Gasteiger partial charge in [-0.05, 0) is 30.3 Å². The lowest BCUT2D eigenvalue weighted by atomic mass is 10.2. The topological polar surface area (TPSA) is 84.2 Å². The number of benzene rings is 2. The lowest BCUT2D eigenvalue weighted by Gasteiger charge is -2.09. The summed E-state index contributed by atoms with van der Waals surface area (Å²) in [6, 6.07) is 7.11. The second kappa shape index (κ2) is 7.06. The van der Waals surface area contributed by atoms with Crippen LogP contribution in [-0.4, -0.2) is 18.4 Å². The van der Waals surface area contributed by atoms with Crippen LogP contribution in [0.4, 0.5) is 20.2 Å². The third-order valence-electron chi connectivity index (χ3n) is 2.89. The van der Waals surface area contributed by atoms with E-state index in [4.69, 9.17) is 17.3 Å². The van der Waals surface area contributed by atoms with Crippen LogP contribution in [-0.2, 0) is 4.79 Å². The Morgan fingerprint density at radius 1 is 1.13 bits per heavy atom. The van der Waals surface area contributed by atoms with E-state index in [9.17, 15) is 18.4 Å². The molecule has 2 aromatic rings. The maximum Gasteiger partial charge on any atom is 0.250 e. The van der Waals surface area contributed by atoms with Crippen LogP contribution in [0.2, 0.25) is 5.02 Å². The minimum Gasteiger partial charge on any atom is -0.376 e. The molecule has 0 bridgehead atoms. The Bertz CT molecular complexity index is 768. The number of amides is 2. The first-order chi connectivity index (χ1) is 10.9. The highest BCUT2D eigenvalue weighted by atomic mass is 35.5. The summed E-state index contributed by atoms with van der Waals surface area (Å²) in [7, 11) is 0. The Morgan fingerprint density at radius 3 is 2.52 bits per heavy atom. The monoisotopic (exact) mass is 339 g/mol. The summed E-state index contributed by atoms with van der Waals surface area (Å²) in [5.74, 6) is -2.65. The maximum absolute atomic E-state index is 13.4. The number of nitrogens with one attached hydrogen (secondary N) is 2. The van der Waals surface area contributed by atoms with Gasteiger partial charge in [-0.3, -0.25) is 9.59 Å². The number of hydrogen-bond donors (Lipinski definition) is 3. The lowest BCUT2D eigenvalue weighted by Crippen LogP contribution is -2.22. The van der Waals surface area contributed by atoms with Crippen molar-refractivity contribution in [3.05, 3.63) is 58.6 Å². The van der Waals surface area contributed by atoms with Crippen LogP contribution in [0.1, 0.15) is 10.4 Å². The zero-order valence-corrected chi connectivity index (χ0v) is 12.5. The van der Waals surface area contributed by atoms with Crippen LogP contribution in [0.25, 0.3) is 0 Å². The number of rotatable bonds is 5. The fraction of sp³-hybridized carbons (Fsp3) is 0.0667. The fourth-order valence-corrected chi connectivity index (χ4v) is 2.07. The first-order valence-electron chi connectivity index (χ1n) is 6.45. The van der Waals surface area contributed by atoms with E-state index in [0.29, 0.717) is 5.69 Å². The van der Waals surface area contributed by atoms with Crippen molar-refractivity contribution in [3.8, 4) is 0 Å². The highest BCUT2D eigenvalue weighted by Crippen LogP contribution is 2.20. The molecule has 0 aliphatic carbocycles. The third kappa shape index (κ3) is 4.40. The van der Waals surface area contributed by atoms with Crippen molar-refractivity contribution in [1.82, 2.24) is 0 Å². The van der Waals surface area contributed by atoms with Gasteiger partial charge in [-0.1, -0.05) is 11.6 Å². The van der Waals surface area contributed by atoms with Gasteiger partial charge in [0.1, 0.15) is 11.6 Å². The Morgan fingerprint density at radius 2 is 1.87 bits per heavy atom. The smallest absolute Gasteiger partial charge is 0.250 e.